The SMILES string of the molecule is Cc1cc2ccsc2c(N)c1C(=O)O. The van der Waals surface area contributed by atoms with Crippen molar-refractivity contribution in [3.63, 3.8) is 0 Å². The maximum absolute atomic E-state index is 10.9. The van der Waals surface area contributed by atoms with Gasteiger partial charge in [0.1, 0.15) is 0 Å². The van der Waals surface area contributed by atoms with Crippen LogP contribution in [0.1, 0.15) is 15.9 Å². The third kappa shape index (κ3) is 1.15. The summed E-state index contributed by atoms with van der Waals surface area (Å²) in [6, 6.07) is 3.79. The number of thiophene rings is 1. The average molecular weight is 207 g/mol. The van der Waals surface area contributed by atoms with Crippen LogP contribution >= 0.6 is 11.3 Å². The molecule has 0 aliphatic heterocycles. The van der Waals surface area contributed by atoms with Crippen LogP contribution in [-0.2, 0) is 0 Å². The summed E-state index contributed by atoms with van der Waals surface area (Å²) in [5.41, 5.74) is 7.10. The quantitative estimate of drug-likeness (QED) is 0.706. The smallest absolute Gasteiger partial charge is 0.338 e. The largest absolute Gasteiger partial charge is 0.478 e. The number of hydrogen-bond acceptors (Lipinski definition) is 3. The van der Waals surface area contributed by atoms with E-state index in [1.165, 1.54) is 11.3 Å². The van der Waals surface area contributed by atoms with Crippen molar-refractivity contribution in [1.29, 1.82) is 0 Å². The molecule has 2 rings (SSSR count). The highest BCUT2D eigenvalue weighted by Crippen LogP contribution is 2.31. The van der Waals surface area contributed by atoms with Crippen molar-refractivity contribution in [3.05, 3.63) is 28.6 Å². The van der Waals surface area contributed by atoms with E-state index in [4.69, 9.17) is 10.8 Å². The molecule has 0 saturated carbocycles. The van der Waals surface area contributed by atoms with Gasteiger partial charge in [0.15, 0.2) is 0 Å². The highest BCUT2D eigenvalue weighted by molar-refractivity contribution is 7.17. The van der Waals surface area contributed by atoms with E-state index in [0.717, 1.165) is 10.1 Å². The molecule has 0 bridgehead atoms. The molecule has 1 heterocycles. The minimum absolute atomic E-state index is 0.222. The fourth-order valence-electron chi connectivity index (χ4n) is 1.57. The monoisotopic (exact) mass is 207 g/mol. The second kappa shape index (κ2) is 2.99. The molecule has 0 spiro atoms. The molecule has 14 heavy (non-hydrogen) atoms. The number of carbonyl (C=O) groups is 1. The minimum atomic E-state index is -0.963. The Kier molecular flexibility index (Phi) is 1.93. The van der Waals surface area contributed by atoms with Crippen LogP contribution in [0.25, 0.3) is 10.1 Å². The molecular weight excluding hydrogens is 198 g/mol. The van der Waals surface area contributed by atoms with Crippen molar-refractivity contribution in [1.82, 2.24) is 0 Å². The molecular formula is C10H9NO2S. The van der Waals surface area contributed by atoms with E-state index in [9.17, 15) is 4.79 Å². The molecule has 0 fully saturated rings. The Hall–Kier alpha value is -1.55. The number of rotatable bonds is 1. The first-order valence-corrected chi connectivity index (χ1v) is 4.99. The predicted molar refractivity (Wildman–Crippen MR) is 57.9 cm³/mol. The van der Waals surface area contributed by atoms with Crippen LogP contribution in [0.4, 0.5) is 5.69 Å². The van der Waals surface area contributed by atoms with Gasteiger partial charge in [0, 0.05) is 0 Å². The standard InChI is InChI=1S/C10H9NO2S/c1-5-4-6-2-3-14-9(6)8(11)7(5)10(12)13/h2-4H,11H2,1H3,(H,12,13). The molecule has 0 amide bonds. The topological polar surface area (TPSA) is 63.3 Å². The predicted octanol–water partition coefficient (Wildman–Crippen LogP) is 2.49. The molecule has 0 radical (unpaired) electrons. The van der Waals surface area contributed by atoms with Gasteiger partial charge in [-0.15, -0.1) is 11.3 Å². The molecule has 3 nitrogen and oxygen atoms in total. The fourth-order valence-corrected chi connectivity index (χ4v) is 2.41. The number of hydrogen-bond donors (Lipinski definition) is 2. The highest BCUT2D eigenvalue weighted by atomic mass is 32.1. The average Bonchev–Trinajstić information content (AvgIpc) is 2.50. The fraction of sp³-hybridized carbons (Fsp3) is 0.100. The molecule has 0 saturated heterocycles. The van der Waals surface area contributed by atoms with Crippen molar-refractivity contribution >= 4 is 33.1 Å². The van der Waals surface area contributed by atoms with E-state index in [-0.39, 0.29) is 5.56 Å². The number of fused-ring (bicyclic) bond motifs is 1. The normalized spacial score (nSPS) is 10.6. The van der Waals surface area contributed by atoms with Gasteiger partial charge in [-0.25, -0.2) is 4.79 Å². The summed E-state index contributed by atoms with van der Waals surface area (Å²) in [7, 11) is 0. The number of nitrogen functional groups attached to an aromatic ring is 1. The van der Waals surface area contributed by atoms with E-state index in [2.05, 4.69) is 0 Å². The van der Waals surface area contributed by atoms with Crippen LogP contribution in [0.2, 0.25) is 0 Å². The first kappa shape index (κ1) is 9.02. The molecule has 2 aromatic rings. The Morgan fingerprint density at radius 1 is 1.57 bits per heavy atom. The second-order valence-corrected chi connectivity index (χ2v) is 4.04. The summed E-state index contributed by atoms with van der Waals surface area (Å²) >= 11 is 1.47. The number of nitrogens with two attached hydrogens (primary N) is 1. The van der Waals surface area contributed by atoms with Gasteiger partial charge < -0.3 is 10.8 Å². The highest BCUT2D eigenvalue weighted by Gasteiger charge is 2.14. The molecule has 0 aliphatic carbocycles. The molecule has 0 unspecified atom stereocenters. The van der Waals surface area contributed by atoms with Gasteiger partial charge in [-0.1, -0.05) is 0 Å². The number of anilines is 1. The summed E-state index contributed by atoms with van der Waals surface area (Å²) in [6.07, 6.45) is 0. The van der Waals surface area contributed by atoms with Gasteiger partial charge in [-0.05, 0) is 35.4 Å². The molecule has 0 atom stereocenters. The van der Waals surface area contributed by atoms with E-state index in [1.54, 1.807) is 6.92 Å². The van der Waals surface area contributed by atoms with Crippen LogP contribution in [0.5, 0.6) is 0 Å². The van der Waals surface area contributed by atoms with Gasteiger partial charge in [-0.3, -0.25) is 0 Å². The summed E-state index contributed by atoms with van der Waals surface area (Å²) in [6.45, 7) is 1.76. The summed E-state index contributed by atoms with van der Waals surface area (Å²) in [5, 5.41) is 11.9. The lowest BCUT2D eigenvalue weighted by Crippen LogP contribution is -2.04. The van der Waals surface area contributed by atoms with Crippen LogP contribution in [0.3, 0.4) is 0 Å². The summed E-state index contributed by atoms with van der Waals surface area (Å²) < 4.78 is 0.855. The lowest BCUT2D eigenvalue weighted by Gasteiger charge is -2.05. The Balaban J connectivity index is 2.89. The van der Waals surface area contributed by atoms with Gasteiger partial charge in [0.05, 0.1) is 16.0 Å². The number of carboxylic acid groups (broad SMARTS) is 1. The first-order valence-electron chi connectivity index (χ1n) is 4.11. The van der Waals surface area contributed by atoms with Crippen molar-refractivity contribution in [3.8, 4) is 0 Å². The zero-order valence-corrected chi connectivity index (χ0v) is 8.39. The number of carboxylic acids is 1. The molecule has 1 aromatic carbocycles. The Morgan fingerprint density at radius 3 is 2.93 bits per heavy atom. The zero-order chi connectivity index (χ0) is 10.3. The molecule has 4 heteroatoms. The van der Waals surface area contributed by atoms with Crippen LogP contribution < -0.4 is 5.73 Å². The van der Waals surface area contributed by atoms with E-state index >= 15 is 0 Å². The van der Waals surface area contributed by atoms with Crippen LogP contribution in [0, 0.1) is 6.92 Å². The maximum atomic E-state index is 10.9. The summed E-state index contributed by atoms with van der Waals surface area (Å²) in [4.78, 5) is 10.9. The lowest BCUT2D eigenvalue weighted by atomic mass is 10.0. The van der Waals surface area contributed by atoms with Crippen molar-refractivity contribution < 1.29 is 9.90 Å². The number of aryl methyl sites for hydroxylation is 1. The second-order valence-electron chi connectivity index (χ2n) is 3.13. The Bertz CT molecular complexity index is 516. The zero-order valence-electron chi connectivity index (χ0n) is 7.57. The Morgan fingerprint density at radius 2 is 2.29 bits per heavy atom. The van der Waals surface area contributed by atoms with Gasteiger partial charge in [0.25, 0.3) is 0 Å². The number of aromatic carboxylic acids is 1. The molecule has 1 aromatic heterocycles. The molecule has 3 N–H and O–H groups in total. The minimum Gasteiger partial charge on any atom is -0.478 e. The van der Waals surface area contributed by atoms with Gasteiger partial charge >= 0.3 is 5.97 Å². The van der Waals surface area contributed by atoms with E-state index in [0.29, 0.717) is 11.3 Å². The van der Waals surface area contributed by atoms with Crippen molar-refractivity contribution in [2.24, 2.45) is 0 Å². The third-order valence-electron chi connectivity index (χ3n) is 2.19. The maximum Gasteiger partial charge on any atom is 0.338 e. The molecule has 72 valence electrons. The number of benzene rings is 1. The molecule has 0 aliphatic rings. The van der Waals surface area contributed by atoms with E-state index in [1.807, 2.05) is 17.5 Å². The first-order chi connectivity index (χ1) is 6.61. The lowest BCUT2D eigenvalue weighted by molar-refractivity contribution is 0.0697. The Labute approximate surface area is 84.8 Å². The van der Waals surface area contributed by atoms with Gasteiger partial charge in [0.2, 0.25) is 0 Å². The van der Waals surface area contributed by atoms with E-state index < -0.39 is 5.97 Å². The summed E-state index contributed by atoms with van der Waals surface area (Å²) in [5.74, 6) is -0.963. The van der Waals surface area contributed by atoms with Crippen molar-refractivity contribution in [2.75, 3.05) is 5.73 Å². The van der Waals surface area contributed by atoms with Gasteiger partial charge in [-0.2, -0.15) is 0 Å². The van der Waals surface area contributed by atoms with Crippen LogP contribution in [-0.4, -0.2) is 11.1 Å². The van der Waals surface area contributed by atoms with Crippen molar-refractivity contribution in [2.45, 2.75) is 6.92 Å². The van der Waals surface area contributed by atoms with Crippen LogP contribution in [0.15, 0.2) is 17.5 Å². The third-order valence-corrected chi connectivity index (χ3v) is 3.15.